The average Bonchev–Trinajstić information content (AvgIpc) is 2.53. The van der Waals surface area contributed by atoms with Crippen LogP contribution in [0.1, 0.15) is 55.3 Å². The maximum atomic E-state index is 12.3. The highest BCUT2D eigenvalue weighted by Crippen LogP contribution is 2.28. The van der Waals surface area contributed by atoms with E-state index in [4.69, 9.17) is 0 Å². The Morgan fingerprint density at radius 2 is 1.95 bits per heavy atom. The van der Waals surface area contributed by atoms with Gasteiger partial charge in [-0.3, -0.25) is 9.78 Å². The van der Waals surface area contributed by atoms with Crippen LogP contribution in [0.25, 0.3) is 10.9 Å². The predicted molar refractivity (Wildman–Crippen MR) is 81.9 cm³/mol. The van der Waals surface area contributed by atoms with Crippen LogP contribution in [-0.2, 0) is 0 Å². The van der Waals surface area contributed by atoms with Gasteiger partial charge in [0, 0.05) is 23.6 Å². The maximum Gasteiger partial charge on any atom is 0.164 e. The number of nitrogens with zero attached hydrogens (tertiary/aromatic N) is 1. The Labute approximate surface area is 120 Å². The minimum absolute atomic E-state index is 0.244. The zero-order valence-electron chi connectivity index (χ0n) is 11.8. The second-order valence-corrected chi connectivity index (χ2v) is 5.88. The average molecular weight is 267 g/mol. The van der Waals surface area contributed by atoms with Crippen molar-refractivity contribution in [3.05, 3.63) is 42.1 Å². The number of ketones is 1. The summed E-state index contributed by atoms with van der Waals surface area (Å²) in [4.78, 5) is 16.7. The quantitative estimate of drug-likeness (QED) is 0.746. The molecule has 0 unspecified atom stereocenters. The number of benzene rings is 1. The molecule has 104 valence electrons. The van der Waals surface area contributed by atoms with Gasteiger partial charge in [0.1, 0.15) is 0 Å². The van der Waals surface area contributed by atoms with Crippen molar-refractivity contribution in [1.29, 1.82) is 0 Å². The summed E-state index contributed by atoms with van der Waals surface area (Å²) in [6, 6.07) is 9.93. The lowest BCUT2D eigenvalue weighted by molar-refractivity contribution is 0.0970. The fourth-order valence-electron chi connectivity index (χ4n) is 3.18. The van der Waals surface area contributed by atoms with E-state index in [9.17, 15) is 4.79 Å². The second kappa shape index (κ2) is 6.17. The van der Waals surface area contributed by atoms with Crippen molar-refractivity contribution in [3.8, 4) is 0 Å². The monoisotopic (exact) mass is 267 g/mol. The van der Waals surface area contributed by atoms with Crippen LogP contribution in [0.2, 0.25) is 0 Å². The number of fused-ring (bicyclic) bond motifs is 1. The molecular weight excluding hydrogens is 246 g/mol. The molecule has 0 bridgehead atoms. The lowest BCUT2D eigenvalue weighted by atomic mass is 9.85. The van der Waals surface area contributed by atoms with E-state index >= 15 is 0 Å². The molecule has 1 aromatic carbocycles. The second-order valence-electron chi connectivity index (χ2n) is 5.88. The van der Waals surface area contributed by atoms with Crippen LogP contribution in [0.5, 0.6) is 0 Å². The molecule has 2 aromatic rings. The van der Waals surface area contributed by atoms with Gasteiger partial charge in [0.05, 0.1) is 5.52 Å². The fraction of sp³-hybridized carbons (Fsp3) is 0.444. The summed E-state index contributed by atoms with van der Waals surface area (Å²) in [6.45, 7) is 0. The van der Waals surface area contributed by atoms with Gasteiger partial charge in [-0.1, -0.05) is 50.3 Å². The smallest absolute Gasteiger partial charge is 0.164 e. The summed E-state index contributed by atoms with van der Waals surface area (Å²) in [5.74, 6) is 1.01. The zero-order chi connectivity index (χ0) is 13.8. The van der Waals surface area contributed by atoms with Crippen LogP contribution in [-0.4, -0.2) is 10.8 Å². The Bertz CT molecular complexity index is 599. The highest BCUT2D eigenvalue weighted by molar-refractivity contribution is 5.98. The van der Waals surface area contributed by atoms with Crippen molar-refractivity contribution in [3.63, 3.8) is 0 Å². The number of aromatic nitrogens is 1. The number of hydrogen-bond acceptors (Lipinski definition) is 2. The fourth-order valence-corrected chi connectivity index (χ4v) is 3.18. The third kappa shape index (κ3) is 3.06. The number of carbonyl (C=O) groups is 1. The minimum atomic E-state index is 0.244. The summed E-state index contributed by atoms with van der Waals surface area (Å²) < 4.78 is 0. The van der Waals surface area contributed by atoms with Crippen LogP contribution < -0.4 is 0 Å². The molecule has 1 aliphatic carbocycles. The van der Waals surface area contributed by atoms with E-state index in [1.807, 2.05) is 30.3 Å². The molecule has 0 spiro atoms. The topological polar surface area (TPSA) is 30.0 Å². The van der Waals surface area contributed by atoms with Gasteiger partial charge in [0.25, 0.3) is 0 Å². The maximum absolute atomic E-state index is 12.3. The molecule has 0 aliphatic heterocycles. The minimum Gasteiger partial charge on any atom is -0.294 e. The SMILES string of the molecule is O=C(CCC1CCCCC1)c1cnc2ccccc2c1. The van der Waals surface area contributed by atoms with Crippen molar-refractivity contribution >= 4 is 16.7 Å². The van der Waals surface area contributed by atoms with Crippen molar-refractivity contribution in [1.82, 2.24) is 4.98 Å². The third-order valence-corrected chi connectivity index (χ3v) is 4.42. The van der Waals surface area contributed by atoms with E-state index in [0.29, 0.717) is 6.42 Å². The summed E-state index contributed by atoms with van der Waals surface area (Å²) in [5, 5.41) is 1.05. The van der Waals surface area contributed by atoms with Gasteiger partial charge in [0.2, 0.25) is 0 Å². The van der Waals surface area contributed by atoms with E-state index < -0.39 is 0 Å². The zero-order valence-corrected chi connectivity index (χ0v) is 11.8. The molecular formula is C18H21NO. The highest BCUT2D eigenvalue weighted by atomic mass is 16.1. The molecule has 20 heavy (non-hydrogen) atoms. The van der Waals surface area contributed by atoms with Crippen LogP contribution in [0.15, 0.2) is 36.5 Å². The van der Waals surface area contributed by atoms with Gasteiger partial charge in [-0.2, -0.15) is 0 Å². The number of para-hydroxylation sites is 1. The lowest BCUT2D eigenvalue weighted by Gasteiger charge is -2.20. The van der Waals surface area contributed by atoms with Gasteiger partial charge < -0.3 is 0 Å². The summed E-state index contributed by atoms with van der Waals surface area (Å²) in [6.07, 6.45) is 10.1. The lowest BCUT2D eigenvalue weighted by Crippen LogP contribution is -2.09. The molecule has 0 N–H and O–H groups in total. The van der Waals surface area contributed by atoms with E-state index in [1.165, 1.54) is 32.1 Å². The van der Waals surface area contributed by atoms with Crippen molar-refractivity contribution in [2.75, 3.05) is 0 Å². The first-order chi connectivity index (χ1) is 9.83. The Balaban J connectivity index is 1.65. The Morgan fingerprint density at radius 3 is 2.80 bits per heavy atom. The molecule has 1 fully saturated rings. The number of Topliss-reactive ketones (excluding diaryl/α,β-unsaturated/α-hetero) is 1. The van der Waals surface area contributed by atoms with Gasteiger partial charge in [0.15, 0.2) is 5.78 Å². The van der Waals surface area contributed by atoms with E-state index in [-0.39, 0.29) is 5.78 Å². The molecule has 0 amide bonds. The molecule has 2 heteroatoms. The number of carbonyl (C=O) groups excluding carboxylic acids is 1. The Morgan fingerprint density at radius 1 is 1.15 bits per heavy atom. The van der Waals surface area contributed by atoms with Crippen LogP contribution in [0.3, 0.4) is 0 Å². The van der Waals surface area contributed by atoms with Gasteiger partial charge in [-0.25, -0.2) is 0 Å². The number of pyridine rings is 1. The first-order valence-electron chi connectivity index (χ1n) is 7.71. The summed E-state index contributed by atoms with van der Waals surface area (Å²) in [5.41, 5.74) is 1.72. The highest BCUT2D eigenvalue weighted by Gasteiger charge is 2.15. The molecule has 2 nitrogen and oxygen atoms in total. The molecule has 0 saturated heterocycles. The molecule has 1 aromatic heterocycles. The van der Waals surface area contributed by atoms with Crippen LogP contribution >= 0.6 is 0 Å². The first-order valence-corrected chi connectivity index (χ1v) is 7.71. The first kappa shape index (κ1) is 13.3. The molecule has 0 radical (unpaired) electrons. The molecule has 3 rings (SSSR count). The number of rotatable bonds is 4. The van der Waals surface area contributed by atoms with Crippen LogP contribution in [0.4, 0.5) is 0 Å². The van der Waals surface area contributed by atoms with Crippen molar-refractivity contribution < 1.29 is 4.79 Å². The largest absolute Gasteiger partial charge is 0.294 e. The Kier molecular flexibility index (Phi) is 4.10. The molecule has 0 atom stereocenters. The molecule has 1 saturated carbocycles. The molecule has 1 heterocycles. The Hall–Kier alpha value is -1.70. The summed E-state index contributed by atoms with van der Waals surface area (Å²) in [7, 11) is 0. The predicted octanol–water partition coefficient (Wildman–Crippen LogP) is 4.78. The third-order valence-electron chi connectivity index (χ3n) is 4.42. The van der Waals surface area contributed by atoms with Gasteiger partial charge in [-0.05, 0) is 24.5 Å². The van der Waals surface area contributed by atoms with E-state index in [0.717, 1.165) is 28.8 Å². The van der Waals surface area contributed by atoms with E-state index in [2.05, 4.69) is 4.98 Å². The molecule has 1 aliphatic rings. The van der Waals surface area contributed by atoms with Gasteiger partial charge in [-0.15, -0.1) is 0 Å². The summed E-state index contributed by atoms with van der Waals surface area (Å²) >= 11 is 0. The van der Waals surface area contributed by atoms with Crippen LogP contribution in [0, 0.1) is 5.92 Å². The van der Waals surface area contributed by atoms with Crippen molar-refractivity contribution in [2.24, 2.45) is 5.92 Å². The number of hydrogen-bond donors (Lipinski definition) is 0. The van der Waals surface area contributed by atoms with Gasteiger partial charge >= 0.3 is 0 Å². The van der Waals surface area contributed by atoms with Crippen molar-refractivity contribution in [2.45, 2.75) is 44.9 Å². The normalized spacial score (nSPS) is 16.4. The standard InChI is InChI=1S/C18H21NO/c20-18(11-10-14-6-2-1-3-7-14)16-12-15-8-4-5-9-17(15)19-13-16/h4-5,8-9,12-14H,1-3,6-7,10-11H2. The van der Waals surface area contributed by atoms with E-state index in [1.54, 1.807) is 6.20 Å².